The van der Waals surface area contributed by atoms with Crippen LogP contribution in [-0.4, -0.2) is 51.6 Å². The summed E-state index contributed by atoms with van der Waals surface area (Å²) >= 11 is 0. The van der Waals surface area contributed by atoms with Crippen LogP contribution in [0.1, 0.15) is 61.4 Å². The minimum Gasteiger partial charge on any atom is -0.463 e. The van der Waals surface area contributed by atoms with Crippen LogP contribution in [0.15, 0.2) is 48.5 Å². The van der Waals surface area contributed by atoms with Crippen LogP contribution in [0.4, 0.5) is 24.5 Å². The summed E-state index contributed by atoms with van der Waals surface area (Å²) in [5.74, 6) is -0.845. The molecule has 0 amide bonds. The van der Waals surface area contributed by atoms with E-state index in [0.29, 0.717) is 18.7 Å². The molecule has 0 bridgehead atoms. The maximum Gasteiger partial charge on any atom is 0.416 e. The Bertz CT molecular complexity index is 983. The van der Waals surface area contributed by atoms with E-state index in [9.17, 15) is 22.8 Å². The Kier molecular flexibility index (Phi) is 14.3. The molecule has 0 fully saturated rings. The number of ether oxygens (including phenoxy) is 4. The fourth-order valence-electron chi connectivity index (χ4n) is 3.45. The first-order valence-electron chi connectivity index (χ1n) is 12.8. The van der Waals surface area contributed by atoms with Crippen LogP contribution in [0.5, 0.6) is 0 Å². The van der Waals surface area contributed by atoms with E-state index in [4.69, 9.17) is 18.9 Å². The fraction of sp³-hybridized carbons (Fsp3) is 0.500. The van der Waals surface area contributed by atoms with E-state index in [1.807, 2.05) is 0 Å². The molecule has 0 unspecified atom stereocenters. The third kappa shape index (κ3) is 12.4. The molecular formula is C28H36F3NO6. The van der Waals surface area contributed by atoms with E-state index in [1.54, 1.807) is 18.2 Å². The van der Waals surface area contributed by atoms with Gasteiger partial charge in [-0.2, -0.15) is 13.2 Å². The number of alkyl halides is 3. The van der Waals surface area contributed by atoms with Gasteiger partial charge in [-0.05, 0) is 36.8 Å². The molecule has 10 heteroatoms. The summed E-state index contributed by atoms with van der Waals surface area (Å²) < 4.78 is 60.0. The van der Waals surface area contributed by atoms with Crippen molar-refractivity contribution < 1.29 is 41.7 Å². The van der Waals surface area contributed by atoms with E-state index in [-0.39, 0.29) is 50.3 Å². The molecule has 0 aliphatic heterocycles. The van der Waals surface area contributed by atoms with E-state index in [2.05, 4.69) is 12.2 Å². The summed E-state index contributed by atoms with van der Waals surface area (Å²) in [4.78, 5) is 24.1. The van der Waals surface area contributed by atoms with E-state index in [1.165, 1.54) is 24.6 Å². The predicted molar refractivity (Wildman–Crippen MR) is 137 cm³/mol. The second kappa shape index (κ2) is 17.4. The molecule has 0 saturated carbocycles. The highest BCUT2D eigenvalue weighted by Gasteiger charge is 2.30. The number of unbranched alkanes of at least 4 members (excludes halogenated alkanes) is 4. The van der Waals surface area contributed by atoms with Crippen molar-refractivity contribution in [2.24, 2.45) is 0 Å². The Hall–Kier alpha value is -3.11. The number of hydrogen-bond acceptors (Lipinski definition) is 7. The largest absolute Gasteiger partial charge is 0.463 e. The van der Waals surface area contributed by atoms with Gasteiger partial charge < -0.3 is 24.3 Å². The standard InChI is InChI=1S/C28H36F3NO6/c1-2-3-4-5-6-14-26(33)37-19-17-35-15-16-36-18-20-38-27(34)24-12-7-8-13-25(24)32-23-11-9-10-22(21-23)28(29,30)31/h7-13,21,32H,2-6,14-20H2,1H3. The molecule has 2 aromatic rings. The minimum absolute atomic E-state index is 0.00735. The second-order valence-electron chi connectivity index (χ2n) is 8.49. The van der Waals surface area contributed by atoms with Gasteiger partial charge in [-0.15, -0.1) is 0 Å². The monoisotopic (exact) mass is 539 g/mol. The van der Waals surface area contributed by atoms with Gasteiger partial charge in [-0.25, -0.2) is 4.79 Å². The van der Waals surface area contributed by atoms with Gasteiger partial charge in [0.15, 0.2) is 0 Å². The molecule has 2 aromatic carbocycles. The summed E-state index contributed by atoms with van der Waals surface area (Å²) in [7, 11) is 0. The Labute approximate surface area is 221 Å². The zero-order valence-electron chi connectivity index (χ0n) is 21.7. The van der Waals surface area contributed by atoms with Crippen LogP contribution >= 0.6 is 0 Å². The molecule has 1 N–H and O–H groups in total. The normalized spacial score (nSPS) is 11.3. The van der Waals surface area contributed by atoms with Crippen molar-refractivity contribution in [3.63, 3.8) is 0 Å². The Morgan fingerprint density at radius 3 is 2.16 bits per heavy atom. The molecule has 0 aliphatic rings. The van der Waals surface area contributed by atoms with Crippen molar-refractivity contribution in [3.8, 4) is 0 Å². The smallest absolute Gasteiger partial charge is 0.416 e. The highest BCUT2D eigenvalue weighted by molar-refractivity contribution is 5.96. The predicted octanol–water partition coefficient (Wildman–Crippen LogP) is 6.54. The number of benzene rings is 2. The van der Waals surface area contributed by atoms with E-state index < -0.39 is 17.7 Å². The van der Waals surface area contributed by atoms with E-state index >= 15 is 0 Å². The second-order valence-corrected chi connectivity index (χ2v) is 8.49. The van der Waals surface area contributed by atoms with Crippen molar-refractivity contribution in [1.29, 1.82) is 0 Å². The van der Waals surface area contributed by atoms with Gasteiger partial charge in [-0.1, -0.05) is 50.8 Å². The third-order valence-electron chi connectivity index (χ3n) is 5.42. The van der Waals surface area contributed by atoms with Crippen LogP contribution in [0, 0.1) is 0 Å². The van der Waals surface area contributed by atoms with Crippen LogP contribution in [0.25, 0.3) is 0 Å². The SMILES string of the molecule is CCCCCCCC(=O)OCCOCCOCCOC(=O)c1ccccc1Nc1cccc(C(F)(F)F)c1. The molecule has 0 spiro atoms. The summed E-state index contributed by atoms with van der Waals surface area (Å²) in [6.07, 6.45) is 1.33. The number of carbonyl (C=O) groups is 2. The maximum atomic E-state index is 13.0. The molecule has 0 saturated heterocycles. The molecule has 38 heavy (non-hydrogen) atoms. The molecule has 0 atom stereocenters. The molecule has 210 valence electrons. The van der Waals surface area contributed by atoms with Gasteiger partial charge in [0, 0.05) is 12.1 Å². The van der Waals surface area contributed by atoms with Crippen molar-refractivity contribution in [1.82, 2.24) is 0 Å². The van der Waals surface area contributed by atoms with Gasteiger partial charge in [0.25, 0.3) is 0 Å². The van der Waals surface area contributed by atoms with Crippen molar-refractivity contribution >= 4 is 23.3 Å². The average molecular weight is 540 g/mol. The molecule has 0 radical (unpaired) electrons. The Morgan fingerprint density at radius 2 is 1.45 bits per heavy atom. The number of para-hydroxylation sites is 1. The number of hydrogen-bond donors (Lipinski definition) is 1. The van der Waals surface area contributed by atoms with Gasteiger partial charge in [0.1, 0.15) is 13.2 Å². The highest BCUT2D eigenvalue weighted by Crippen LogP contribution is 2.32. The summed E-state index contributed by atoms with van der Waals surface area (Å²) in [5.41, 5.74) is -0.0921. The lowest BCUT2D eigenvalue weighted by molar-refractivity contribution is -0.145. The average Bonchev–Trinajstić information content (AvgIpc) is 2.89. The van der Waals surface area contributed by atoms with Crippen molar-refractivity contribution in [2.75, 3.05) is 45.0 Å². The van der Waals surface area contributed by atoms with Gasteiger partial charge >= 0.3 is 18.1 Å². The van der Waals surface area contributed by atoms with Crippen molar-refractivity contribution in [2.45, 2.75) is 51.6 Å². The first-order valence-corrected chi connectivity index (χ1v) is 12.8. The van der Waals surface area contributed by atoms with E-state index in [0.717, 1.165) is 37.8 Å². The summed E-state index contributed by atoms with van der Waals surface area (Å²) in [6.45, 7) is 3.32. The maximum absolute atomic E-state index is 13.0. The van der Waals surface area contributed by atoms with Crippen molar-refractivity contribution in [3.05, 3.63) is 59.7 Å². The molecule has 0 aromatic heterocycles. The van der Waals surface area contributed by atoms with Crippen LogP contribution in [-0.2, 0) is 29.9 Å². The number of carbonyl (C=O) groups excluding carboxylic acids is 2. The fourth-order valence-corrected chi connectivity index (χ4v) is 3.45. The zero-order valence-corrected chi connectivity index (χ0v) is 21.7. The van der Waals surface area contributed by atoms with Gasteiger partial charge in [-0.3, -0.25) is 4.79 Å². The molecular weight excluding hydrogens is 503 g/mol. The van der Waals surface area contributed by atoms with Crippen LogP contribution in [0.3, 0.4) is 0 Å². The number of rotatable bonds is 18. The third-order valence-corrected chi connectivity index (χ3v) is 5.42. The van der Waals surface area contributed by atoms with Gasteiger partial charge in [0.05, 0.1) is 43.2 Å². The molecule has 7 nitrogen and oxygen atoms in total. The topological polar surface area (TPSA) is 83.1 Å². The Morgan fingerprint density at radius 1 is 0.789 bits per heavy atom. The van der Waals surface area contributed by atoms with Crippen LogP contribution < -0.4 is 5.32 Å². The summed E-state index contributed by atoms with van der Waals surface area (Å²) in [5, 5.41) is 2.85. The first-order chi connectivity index (χ1) is 18.3. The number of esters is 2. The molecule has 0 aliphatic carbocycles. The molecule has 0 heterocycles. The number of anilines is 2. The Balaban J connectivity index is 1.59. The highest BCUT2D eigenvalue weighted by atomic mass is 19.4. The van der Waals surface area contributed by atoms with Gasteiger partial charge in [0.2, 0.25) is 0 Å². The lowest BCUT2D eigenvalue weighted by atomic mass is 10.1. The zero-order chi connectivity index (χ0) is 27.6. The minimum atomic E-state index is -4.47. The number of nitrogens with one attached hydrogen (secondary N) is 1. The number of halogens is 3. The first kappa shape index (κ1) is 31.1. The summed E-state index contributed by atoms with van der Waals surface area (Å²) in [6, 6.07) is 11.1. The lowest BCUT2D eigenvalue weighted by Gasteiger charge is -2.13. The quantitative estimate of drug-likeness (QED) is 0.170. The van der Waals surface area contributed by atoms with Crippen LogP contribution in [0.2, 0.25) is 0 Å². The lowest BCUT2D eigenvalue weighted by Crippen LogP contribution is -2.15. The molecule has 2 rings (SSSR count).